The second-order valence-corrected chi connectivity index (χ2v) is 6.83. The molecule has 7 nitrogen and oxygen atoms in total. The molecule has 0 saturated carbocycles. The first-order valence-electron chi connectivity index (χ1n) is 8.93. The molecule has 1 saturated heterocycles. The molecule has 7 heteroatoms. The normalized spacial score (nSPS) is 18.7. The summed E-state index contributed by atoms with van der Waals surface area (Å²) in [6, 6.07) is 7.53. The van der Waals surface area contributed by atoms with E-state index in [1.165, 1.54) is 12.7 Å². The van der Waals surface area contributed by atoms with Crippen molar-refractivity contribution in [2.24, 2.45) is 5.92 Å². The number of ether oxygens (including phenoxy) is 2. The first kappa shape index (κ1) is 16.6. The molecule has 0 aliphatic carbocycles. The third kappa shape index (κ3) is 3.56. The van der Waals surface area contributed by atoms with Crippen LogP contribution in [0.1, 0.15) is 35.8 Å². The van der Waals surface area contributed by atoms with Crippen molar-refractivity contribution in [1.82, 2.24) is 14.9 Å². The smallest absolute Gasteiger partial charge is 0.272 e. The van der Waals surface area contributed by atoms with Gasteiger partial charge in [-0.25, -0.2) is 9.97 Å². The Morgan fingerprint density at radius 1 is 1.27 bits per heavy atom. The average Bonchev–Trinajstić information content (AvgIpc) is 3.14. The Hall–Kier alpha value is -2.83. The maximum absolute atomic E-state index is 12.7. The zero-order valence-corrected chi connectivity index (χ0v) is 14.8. The lowest BCUT2D eigenvalue weighted by molar-refractivity contribution is 0.0677. The molecule has 2 aliphatic rings. The number of nitrogens with one attached hydrogen (secondary N) is 1. The van der Waals surface area contributed by atoms with Gasteiger partial charge in [-0.3, -0.25) is 4.79 Å². The number of carbonyl (C=O) groups is 1. The van der Waals surface area contributed by atoms with Gasteiger partial charge < -0.3 is 19.7 Å². The Kier molecular flexibility index (Phi) is 4.60. The lowest BCUT2D eigenvalue weighted by atomic mass is 10.00. The molecule has 26 heavy (non-hydrogen) atoms. The van der Waals surface area contributed by atoms with Gasteiger partial charge in [0.05, 0.1) is 0 Å². The zero-order chi connectivity index (χ0) is 17.9. The molecule has 3 heterocycles. The van der Waals surface area contributed by atoms with Crippen LogP contribution in [0.4, 0.5) is 5.82 Å². The Balaban J connectivity index is 1.41. The lowest BCUT2D eigenvalue weighted by Crippen LogP contribution is -2.39. The van der Waals surface area contributed by atoms with E-state index in [4.69, 9.17) is 9.47 Å². The molecule has 136 valence electrons. The minimum atomic E-state index is -0.0231. The number of likely N-dealkylation sites (tertiary alicyclic amines) is 1. The van der Waals surface area contributed by atoms with E-state index < -0.39 is 0 Å². The number of benzene rings is 1. The number of amides is 1. The number of carbonyl (C=O) groups excluding carboxylic acids is 1. The number of hydrogen-bond donors (Lipinski definition) is 1. The maximum Gasteiger partial charge on any atom is 0.272 e. The topological polar surface area (TPSA) is 76.6 Å². The highest BCUT2D eigenvalue weighted by molar-refractivity contribution is 5.93. The van der Waals surface area contributed by atoms with Crippen molar-refractivity contribution in [2.45, 2.75) is 26.3 Å². The van der Waals surface area contributed by atoms with Crippen LogP contribution in [0.5, 0.6) is 11.5 Å². The standard InChI is InChI=1S/C19H22N4O3/c1-13-3-2-6-23(10-13)19(24)15-8-18(22-11-21-15)20-9-14-4-5-16-17(7-14)26-12-25-16/h4-5,7-8,11,13H,2-3,6,9-10,12H2,1H3,(H,20,21,22). The summed E-state index contributed by atoms with van der Waals surface area (Å²) in [6.45, 7) is 4.61. The highest BCUT2D eigenvalue weighted by atomic mass is 16.7. The van der Waals surface area contributed by atoms with E-state index >= 15 is 0 Å². The predicted molar refractivity (Wildman–Crippen MR) is 96.2 cm³/mol. The van der Waals surface area contributed by atoms with E-state index in [-0.39, 0.29) is 12.7 Å². The minimum Gasteiger partial charge on any atom is -0.454 e. The summed E-state index contributed by atoms with van der Waals surface area (Å²) >= 11 is 0. The van der Waals surface area contributed by atoms with E-state index in [0.29, 0.717) is 24.0 Å². The fraction of sp³-hybridized carbons (Fsp3) is 0.421. The number of nitrogens with zero attached hydrogens (tertiary/aromatic N) is 3. The van der Waals surface area contributed by atoms with Crippen molar-refractivity contribution < 1.29 is 14.3 Å². The molecule has 1 fully saturated rings. The number of fused-ring (bicyclic) bond motifs is 1. The molecule has 2 aliphatic heterocycles. The Morgan fingerprint density at radius 2 is 2.15 bits per heavy atom. The molecule has 1 N–H and O–H groups in total. The fourth-order valence-electron chi connectivity index (χ4n) is 3.35. The van der Waals surface area contributed by atoms with Gasteiger partial charge in [-0.05, 0) is 36.5 Å². The second kappa shape index (κ2) is 7.19. The Morgan fingerprint density at radius 3 is 3.04 bits per heavy atom. The van der Waals surface area contributed by atoms with Gasteiger partial charge in [-0.2, -0.15) is 0 Å². The summed E-state index contributed by atoms with van der Waals surface area (Å²) in [7, 11) is 0. The van der Waals surface area contributed by atoms with E-state index in [2.05, 4.69) is 22.2 Å². The lowest BCUT2D eigenvalue weighted by Gasteiger charge is -2.30. The quantitative estimate of drug-likeness (QED) is 0.910. The molecule has 1 unspecified atom stereocenters. The predicted octanol–water partition coefficient (Wildman–Crippen LogP) is 2.69. The summed E-state index contributed by atoms with van der Waals surface area (Å²) in [4.78, 5) is 22.9. The highest BCUT2D eigenvalue weighted by Crippen LogP contribution is 2.32. The molecule has 1 amide bonds. The number of aromatic nitrogens is 2. The van der Waals surface area contributed by atoms with Crippen LogP contribution in [0, 0.1) is 5.92 Å². The molecular weight excluding hydrogens is 332 g/mol. The maximum atomic E-state index is 12.7. The molecule has 1 aromatic carbocycles. The van der Waals surface area contributed by atoms with Gasteiger partial charge in [-0.1, -0.05) is 13.0 Å². The molecular formula is C19H22N4O3. The largest absolute Gasteiger partial charge is 0.454 e. The second-order valence-electron chi connectivity index (χ2n) is 6.83. The first-order valence-corrected chi connectivity index (χ1v) is 8.93. The fourth-order valence-corrected chi connectivity index (χ4v) is 3.35. The number of piperidine rings is 1. The first-order chi connectivity index (χ1) is 12.7. The molecule has 0 radical (unpaired) electrons. The van der Waals surface area contributed by atoms with Crippen LogP contribution < -0.4 is 14.8 Å². The van der Waals surface area contributed by atoms with E-state index in [0.717, 1.165) is 36.6 Å². The zero-order valence-electron chi connectivity index (χ0n) is 14.8. The van der Waals surface area contributed by atoms with Gasteiger partial charge in [-0.15, -0.1) is 0 Å². The molecule has 2 aromatic rings. The summed E-state index contributed by atoms with van der Waals surface area (Å²) in [5, 5.41) is 3.24. The number of hydrogen-bond acceptors (Lipinski definition) is 6. The van der Waals surface area contributed by atoms with Gasteiger partial charge in [0.2, 0.25) is 6.79 Å². The summed E-state index contributed by atoms with van der Waals surface area (Å²) < 4.78 is 10.7. The van der Waals surface area contributed by atoms with Crippen LogP contribution in [0.2, 0.25) is 0 Å². The van der Waals surface area contributed by atoms with Crippen LogP contribution in [0.15, 0.2) is 30.6 Å². The van der Waals surface area contributed by atoms with Gasteiger partial charge in [0, 0.05) is 25.7 Å². The Bertz CT molecular complexity index is 811. The molecule has 1 aromatic heterocycles. The summed E-state index contributed by atoms with van der Waals surface area (Å²) in [5.74, 6) is 2.66. The van der Waals surface area contributed by atoms with Crippen LogP contribution in [0.25, 0.3) is 0 Å². The minimum absolute atomic E-state index is 0.0231. The Labute approximate surface area is 152 Å². The molecule has 0 spiro atoms. The van der Waals surface area contributed by atoms with Gasteiger partial charge in [0.1, 0.15) is 17.8 Å². The molecule has 0 bridgehead atoms. The molecule has 4 rings (SSSR count). The van der Waals surface area contributed by atoms with Crippen molar-refractivity contribution in [3.63, 3.8) is 0 Å². The number of anilines is 1. The monoisotopic (exact) mass is 354 g/mol. The van der Waals surface area contributed by atoms with Crippen molar-refractivity contribution in [3.8, 4) is 11.5 Å². The van der Waals surface area contributed by atoms with Crippen LogP contribution in [-0.4, -0.2) is 40.7 Å². The third-order valence-corrected chi connectivity index (χ3v) is 4.74. The van der Waals surface area contributed by atoms with Crippen LogP contribution >= 0.6 is 0 Å². The summed E-state index contributed by atoms with van der Waals surface area (Å²) in [6.07, 6.45) is 3.66. The highest BCUT2D eigenvalue weighted by Gasteiger charge is 2.23. The van der Waals surface area contributed by atoms with Gasteiger partial charge >= 0.3 is 0 Å². The number of rotatable bonds is 4. The summed E-state index contributed by atoms with van der Waals surface area (Å²) in [5.41, 5.74) is 1.48. The van der Waals surface area contributed by atoms with Gasteiger partial charge in [0.25, 0.3) is 5.91 Å². The van der Waals surface area contributed by atoms with E-state index in [9.17, 15) is 4.79 Å². The van der Waals surface area contributed by atoms with Crippen molar-refractivity contribution in [2.75, 3.05) is 25.2 Å². The molecule has 1 atom stereocenters. The van der Waals surface area contributed by atoms with E-state index in [1.54, 1.807) is 6.07 Å². The van der Waals surface area contributed by atoms with E-state index in [1.807, 2.05) is 23.1 Å². The van der Waals surface area contributed by atoms with Crippen molar-refractivity contribution in [3.05, 3.63) is 41.9 Å². The van der Waals surface area contributed by atoms with Gasteiger partial charge in [0.15, 0.2) is 11.5 Å². The van der Waals surface area contributed by atoms with Crippen LogP contribution in [-0.2, 0) is 6.54 Å². The average molecular weight is 354 g/mol. The third-order valence-electron chi connectivity index (χ3n) is 4.74. The SMILES string of the molecule is CC1CCCN(C(=O)c2cc(NCc3ccc4c(c3)OCO4)ncn2)C1. The van der Waals surface area contributed by atoms with Crippen molar-refractivity contribution >= 4 is 11.7 Å². The van der Waals surface area contributed by atoms with Crippen LogP contribution in [0.3, 0.4) is 0 Å². The van der Waals surface area contributed by atoms with Crippen molar-refractivity contribution in [1.29, 1.82) is 0 Å².